The number of ether oxygens (including phenoxy) is 1. The van der Waals surface area contributed by atoms with Gasteiger partial charge >= 0.3 is 12.0 Å². The van der Waals surface area contributed by atoms with E-state index in [-0.39, 0.29) is 13.1 Å². The van der Waals surface area contributed by atoms with Crippen LogP contribution in [0, 0.1) is 0 Å². The van der Waals surface area contributed by atoms with E-state index in [2.05, 4.69) is 0 Å². The van der Waals surface area contributed by atoms with Gasteiger partial charge in [-0.15, -0.1) is 0 Å². The minimum absolute atomic E-state index is 0.0213. The lowest BCUT2D eigenvalue weighted by Crippen LogP contribution is -2.52. The molecule has 0 aromatic heterocycles. The quantitative estimate of drug-likeness (QED) is 0.514. The molecule has 2 saturated heterocycles. The van der Waals surface area contributed by atoms with Crippen LogP contribution in [0.4, 0.5) is 4.79 Å². The highest BCUT2D eigenvalue weighted by atomic mass is 16.5. The van der Waals surface area contributed by atoms with Gasteiger partial charge in [0.2, 0.25) is 5.91 Å². The van der Waals surface area contributed by atoms with Crippen molar-refractivity contribution in [3.63, 3.8) is 0 Å². The Kier molecular flexibility index (Phi) is 4.44. The monoisotopic (exact) mass is 297 g/mol. The minimum Gasteiger partial charge on any atom is -0.467 e. The Balaban J connectivity index is 2.06. The highest BCUT2D eigenvalue weighted by molar-refractivity contribution is 6.04. The van der Waals surface area contributed by atoms with E-state index in [1.807, 2.05) is 0 Å². The number of esters is 1. The molecule has 0 unspecified atom stereocenters. The Hall–Kier alpha value is -2.12. The van der Waals surface area contributed by atoms with E-state index in [0.29, 0.717) is 13.0 Å². The summed E-state index contributed by atoms with van der Waals surface area (Å²) in [5.74, 6) is -1.26. The Bertz CT molecular complexity index is 478. The second kappa shape index (κ2) is 6.11. The van der Waals surface area contributed by atoms with Gasteiger partial charge in [-0.05, 0) is 19.3 Å². The minimum atomic E-state index is -0.623. The molecule has 1 atom stereocenters. The summed E-state index contributed by atoms with van der Waals surface area (Å²) in [4.78, 5) is 51.1. The molecule has 2 fully saturated rings. The molecular formula is C13H19N3O5. The van der Waals surface area contributed by atoms with Crippen molar-refractivity contribution in [3.05, 3.63) is 0 Å². The summed E-state index contributed by atoms with van der Waals surface area (Å²) in [7, 11) is 2.78. The average Bonchev–Trinajstić information content (AvgIpc) is 2.72. The maximum Gasteiger partial charge on any atom is 0.328 e. The number of rotatable bonds is 3. The Morgan fingerprint density at radius 3 is 2.57 bits per heavy atom. The summed E-state index contributed by atoms with van der Waals surface area (Å²) in [5.41, 5.74) is 0. The number of hydrogen-bond acceptors (Lipinski definition) is 5. The molecule has 0 aromatic rings. The van der Waals surface area contributed by atoms with Gasteiger partial charge in [0.05, 0.1) is 7.11 Å². The van der Waals surface area contributed by atoms with Crippen LogP contribution < -0.4 is 0 Å². The van der Waals surface area contributed by atoms with E-state index < -0.39 is 29.9 Å². The molecule has 116 valence electrons. The molecule has 2 rings (SSSR count). The van der Waals surface area contributed by atoms with Gasteiger partial charge in [0, 0.05) is 13.6 Å². The molecule has 4 amide bonds. The van der Waals surface area contributed by atoms with Crippen LogP contribution in [0.2, 0.25) is 0 Å². The van der Waals surface area contributed by atoms with Gasteiger partial charge in [-0.1, -0.05) is 0 Å². The maximum atomic E-state index is 12.3. The molecule has 0 aromatic carbocycles. The molecule has 0 spiro atoms. The Morgan fingerprint density at radius 1 is 1.29 bits per heavy atom. The van der Waals surface area contributed by atoms with Crippen LogP contribution in [0.3, 0.4) is 0 Å². The predicted molar refractivity (Wildman–Crippen MR) is 71.1 cm³/mol. The first-order valence-electron chi connectivity index (χ1n) is 6.88. The second-order valence-corrected chi connectivity index (χ2v) is 5.24. The summed E-state index contributed by atoms with van der Waals surface area (Å²) in [5, 5.41) is 0. The molecule has 0 radical (unpaired) electrons. The third-order valence-electron chi connectivity index (χ3n) is 3.82. The lowest BCUT2D eigenvalue weighted by Gasteiger charge is -2.34. The number of piperidine rings is 1. The van der Waals surface area contributed by atoms with Crippen LogP contribution in [0.25, 0.3) is 0 Å². The van der Waals surface area contributed by atoms with Crippen molar-refractivity contribution < 1.29 is 23.9 Å². The topological polar surface area (TPSA) is 87.2 Å². The normalized spacial score (nSPS) is 22.8. The number of likely N-dealkylation sites (tertiary alicyclic amines) is 1. The van der Waals surface area contributed by atoms with Gasteiger partial charge in [0.25, 0.3) is 5.91 Å². The number of carbonyl (C=O) groups excluding carboxylic acids is 4. The zero-order valence-corrected chi connectivity index (χ0v) is 12.2. The molecule has 0 N–H and O–H groups in total. The summed E-state index contributed by atoms with van der Waals surface area (Å²) >= 11 is 0. The maximum absolute atomic E-state index is 12.3. The molecule has 21 heavy (non-hydrogen) atoms. The fraction of sp³-hybridized carbons (Fsp3) is 0.692. The Labute approximate surface area is 122 Å². The zero-order chi connectivity index (χ0) is 15.6. The molecule has 0 saturated carbocycles. The number of amides is 4. The highest BCUT2D eigenvalue weighted by Gasteiger charge is 2.38. The summed E-state index contributed by atoms with van der Waals surface area (Å²) < 4.78 is 4.71. The first kappa shape index (κ1) is 15.3. The van der Waals surface area contributed by atoms with E-state index in [4.69, 9.17) is 4.74 Å². The average molecular weight is 297 g/mol. The van der Waals surface area contributed by atoms with Crippen LogP contribution in [0.15, 0.2) is 0 Å². The number of carbonyl (C=O) groups is 4. The van der Waals surface area contributed by atoms with Gasteiger partial charge in [-0.25, -0.2) is 9.59 Å². The fourth-order valence-electron chi connectivity index (χ4n) is 2.66. The van der Waals surface area contributed by atoms with Crippen LogP contribution in [0.5, 0.6) is 0 Å². The number of methoxy groups -OCH3 is 1. The smallest absolute Gasteiger partial charge is 0.328 e. The van der Waals surface area contributed by atoms with E-state index in [1.165, 1.54) is 24.0 Å². The zero-order valence-electron chi connectivity index (χ0n) is 12.2. The molecule has 2 heterocycles. The number of likely N-dealkylation sites (N-methyl/N-ethyl adjacent to an activating group) is 1. The molecule has 8 heteroatoms. The predicted octanol–water partition coefficient (Wildman–Crippen LogP) is -0.565. The van der Waals surface area contributed by atoms with Crippen molar-refractivity contribution in [2.75, 3.05) is 33.8 Å². The molecule has 8 nitrogen and oxygen atoms in total. The van der Waals surface area contributed by atoms with Crippen molar-refractivity contribution in [2.45, 2.75) is 25.3 Å². The number of imide groups is 1. The van der Waals surface area contributed by atoms with Crippen LogP contribution in [-0.2, 0) is 19.1 Å². The first-order chi connectivity index (χ1) is 9.95. The Morgan fingerprint density at radius 2 is 2.00 bits per heavy atom. The van der Waals surface area contributed by atoms with Crippen molar-refractivity contribution in [1.29, 1.82) is 0 Å². The van der Waals surface area contributed by atoms with Crippen LogP contribution in [0.1, 0.15) is 19.3 Å². The van der Waals surface area contributed by atoms with Gasteiger partial charge < -0.3 is 14.5 Å². The van der Waals surface area contributed by atoms with Crippen LogP contribution >= 0.6 is 0 Å². The standard InChI is InChI=1S/C13H19N3O5/c1-14-7-10(17)16(13(14)20)8-11(18)15-6-4-3-5-9(15)12(19)21-2/h9H,3-8H2,1-2H3/t9-/m1/s1. The SMILES string of the molecule is COC(=O)[C@H]1CCCCN1C(=O)CN1C(=O)CN(C)C1=O. The van der Waals surface area contributed by atoms with E-state index in [0.717, 1.165) is 17.7 Å². The summed E-state index contributed by atoms with van der Waals surface area (Å²) in [6.07, 6.45) is 2.18. The van der Waals surface area contributed by atoms with Gasteiger partial charge in [0.1, 0.15) is 19.1 Å². The number of nitrogens with zero attached hydrogens (tertiary/aromatic N) is 3. The van der Waals surface area contributed by atoms with Crippen LogP contribution in [-0.4, -0.2) is 78.3 Å². The molecule has 2 aliphatic heterocycles. The van der Waals surface area contributed by atoms with Crippen molar-refractivity contribution in [1.82, 2.24) is 14.7 Å². The highest BCUT2D eigenvalue weighted by Crippen LogP contribution is 2.19. The molecule has 0 aliphatic carbocycles. The molecule has 2 aliphatic rings. The number of urea groups is 1. The van der Waals surface area contributed by atoms with Crippen molar-refractivity contribution >= 4 is 23.8 Å². The molecule has 0 bridgehead atoms. The third kappa shape index (κ3) is 2.98. The van der Waals surface area contributed by atoms with E-state index in [9.17, 15) is 19.2 Å². The largest absolute Gasteiger partial charge is 0.467 e. The third-order valence-corrected chi connectivity index (χ3v) is 3.82. The fourth-order valence-corrected chi connectivity index (χ4v) is 2.66. The van der Waals surface area contributed by atoms with Crippen molar-refractivity contribution in [3.8, 4) is 0 Å². The first-order valence-corrected chi connectivity index (χ1v) is 6.88. The lowest BCUT2D eigenvalue weighted by molar-refractivity contribution is -0.155. The summed E-state index contributed by atoms with van der Waals surface area (Å²) in [6, 6.07) is -1.11. The van der Waals surface area contributed by atoms with Crippen molar-refractivity contribution in [2.24, 2.45) is 0 Å². The number of hydrogen-bond donors (Lipinski definition) is 0. The van der Waals surface area contributed by atoms with E-state index in [1.54, 1.807) is 0 Å². The van der Waals surface area contributed by atoms with Gasteiger partial charge in [-0.2, -0.15) is 0 Å². The summed E-state index contributed by atoms with van der Waals surface area (Å²) in [6.45, 7) is 0.0900. The van der Waals surface area contributed by atoms with Gasteiger partial charge in [-0.3, -0.25) is 14.5 Å². The van der Waals surface area contributed by atoms with Gasteiger partial charge in [0.15, 0.2) is 0 Å². The molecular weight excluding hydrogens is 278 g/mol. The lowest BCUT2D eigenvalue weighted by atomic mass is 10.0. The van der Waals surface area contributed by atoms with E-state index >= 15 is 0 Å². The second-order valence-electron chi connectivity index (χ2n) is 5.24.